The van der Waals surface area contributed by atoms with Crippen LogP contribution in [0.3, 0.4) is 0 Å². The summed E-state index contributed by atoms with van der Waals surface area (Å²) in [6.07, 6.45) is 4.89. The van der Waals surface area contributed by atoms with Crippen molar-refractivity contribution in [2.75, 3.05) is 5.32 Å². The molecule has 0 atom stereocenters. The van der Waals surface area contributed by atoms with Gasteiger partial charge in [-0.3, -0.25) is 9.36 Å². The zero-order chi connectivity index (χ0) is 11.4. The van der Waals surface area contributed by atoms with Crippen molar-refractivity contribution >= 4 is 5.82 Å². The molecule has 0 aliphatic carbocycles. The van der Waals surface area contributed by atoms with Gasteiger partial charge in [0.2, 0.25) is 0 Å². The summed E-state index contributed by atoms with van der Waals surface area (Å²) in [6.45, 7) is 3.86. The number of rotatable bonds is 5. The molecule has 2 heterocycles. The van der Waals surface area contributed by atoms with E-state index in [1.54, 1.807) is 6.20 Å². The van der Waals surface area contributed by atoms with Crippen LogP contribution in [-0.2, 0) is 20.1 Å². The topological polar surface area (TPSA) is 47.7 Å². The first kappa shape index (κ1) is 10.7. The van der Waals surface area contributed by atoms with Crippen molar-refractivity contribution in [3.8, 4) is 0 Å². The van der Waals surface area contributed by atoms with Crippen LogP contribution in [0.1, 0.15) is 19.0 Å². The van der Waals surface area contributed by atoms with Gasteiger partial charge in [0, 0.05) is 32.1 Å². The molecule has 0 fully saturated rings. The van der Waals surface area contributed by atoms with Crippen LogP contribution in [0.25, 0.3) is 0 Å². The van der Waals surface area contributed by atoms with E-state index in [-0.39, 0.29) is 0 Å². The van der Waals surface area contributed by atoms with Crippen LogP contribution in [-0.4, -0.2) is 19.6 Å². The van der Waals surface area contributed by atoms with E-state index in [9.17, 15) is 0 Å². The van der Waals surface area contributed by atoms with Gasteiger partial charge in [-0.25, -0.2) is 0 Å². The molecule has 0 saturated heterocycles. The molecule has 0 amide bonds. The van der Waals surface area contributed by atoms with Gasteiger partial charge >= 0.3 is 0 Å². The lowest BCUT2D eigenvalue weighted by atomic mass is 10.4. The minimum Gasteiger partial charge on any atom is -0.363 e. The third kappa shape index (κ3) is 2.42. The van der Waals surface area contributed by atoms with Crippen LogP contribution >= 0.6 is 0 Å². The van der Waals surface area contributed by atoms with E-state index in [2.05, 4.69) is 22.4 Å². The van der Waals surface area contributed by atoms with Gasteiger partial charge in [0.1, 0.15) is 5.82 Å². The minimum atomic E-state index is 0.750. The molecule has 0 saturated carbocycles. The summed E-state index contributed by atoms with van der Waals surface area (Å²) in [5, 5.41) is 11.8. The molecule has 0 spiro atoms. The summed E-state index contributed by atoms with van der Waals surface area (Å²) in [4.78, 5) is 0. The zero-order valence-electron chi connectivity index (χ0n) is 9.72. The SMILES string of the molecule is CCCn1ccc(NCc2ccnn2C)n1. The third-order valence-electron chi connectivity index (χ3n) is 2.47. The molecular formula is C11H17N5. The minimum absolute atomic E-state index is 0.750. The van der Waals surface area contributed by atoms with Crippen LogP contribution in [0.2, 0.25) is 0 Å². The van der Waals surface area contributed by atoms with Crippen molar-refractivity contribution in [2.45, 2.75) is 26.4 Å². The molecule has 16 heavy (non-hydrogen) atoms. The van der Waals surface area contributed by atoms with Crippen LogP contribution in [0, 0.1) is 0 Å². The lowest BCUT2D eigenvalue weighted by molar-refractivity contribution is 0.603. The Kier molecular flexibility index (Phi) is 3.24. The first-order valence-electron chi connectivity index (χ1n) is 5.54. The summed E-state index contributed by atoms with van der Waals surface area (Å²) < 4.78 is 3.81. The highest BCUT2D eigenvalue weighted by Gasteiger charge is 2.00. The predicted molar refractivity (Wildman–Crippen MR) is 63.1 cm³/mol. The number of hydrogen-bond acceptors (Lipinski definition) is 3. The molecule has 2 aromatic heterocycles. The van der Waals surface area contributed by atoms with Crippen molar-refractivity contribution in [1.29, 1.82) is 0 Å². The van der Waals surface area contributed by atoms with E-state index < -0.39 is 0 Å². The van der Waals surface area contributed by atoms with Crippen LogP contribution in [0.15, 0.2) is 24.5 Å². The van der Waals surface area contributed by atoms with Gasteiger partial charge in [-0.05, 0) is 12.5 Å². The van der Waals surface area contributed by atoms with Crippen molar-refractivity contribution in [3.63, 3.8) is 0 Å². The molecule has 2 aromatic rings. The normalized spacial score (nSPS) is 10.6. The second-order valence-corrected chi connectivity index (χ2v) is 3.76. The van der Waals surface area contributed by atoms with Crippen LogP contribution < -0.4 is 5.32 Å². The van der Waals surface area contributed by atoms with E-state index in [1.165, 1.54) is 0 Å². The highest BCUT2D eigenvalue weighted by molar-refractivity contribution is 5.32. The van der Waals surface area contributed by atoms with Gasteiger partial charge in [0.25, 0.3) is 0 Å². The molecule has 0 bridgehead atoms. The maximum absolute atomic E-state index is 4.40. The molecule has 1 N–H and O–H groups in total. The lowest BCUT2D eigenvalue weighted by Crippen LogP contribution is -2.06. The van der Waals surface area contributed by atoms with Gasteiger partial charge in [-0.2, -0.15) is 10.2 Å². The predicted octanol–water partition coefficient (Wildman–Crippen LogP) is 1.64. The average molecular weight is 219 g/mol. The van der Waals surface area contributed by atoms with Crippen LogP contribution in [0.5, 0.6) is 0 Å². The van der Waals surface area contributed by atoms with Gasteiger partial charge in [-0.15, -0.1) is 0 Å². The molecule has 0 aromatic carbocycles. The Morgan fingerprint density at radius 3 is 2.94 bits per heavy atom. The van der Waals surface area contributed by atoms with E-state index in [0.717, 1.165) is 31.0 Å². The Morgan fingerprint density at radius 1 is 1.38 bits per heavy atom. The Labute approximate surface area is 95.1 Å². The lowest BCUT2D eigenvalue weighted by Gasteiger charge is -2.03. The largest absolute Gasteiger partial charge is 0.363 e. The Bertz CT molecular complexity index is 443. The molecule has 86 valence electrons. The molecular weight excluding hydrogens is 202 g/mol. The molecule has 0 aliphatic heterocycles. The highest BCUT2D eigenvalue weighted by atomic mass is 15.3. The summed E-state index contributed by atoms with van der Waals surface area (Å²) in [5.74, 6) is 0.912. The fourth-order valence-corrected chi connectivity index (χ4v) is 1.57. The van der Waals surface area contributed by atoms with Crippen molar-refractivity contribution in [2.24, 2.45) is 7.05 Å². The Hall–Kier alpha value is -1.78. The molecule has 5 heteroatoms. The second kappa shape index (κ2) is 4.83. The molecule has 0 radical (unpaired) electrons. The fourth-order valence-electron chi connectivity index (χ4n) is 1.57. The van der Waals surface area contributed by atoms with Gasteiger partial charge in [-0.1, -0.05) is 6.92 Å². The van der Waals surface area contributed by atoms with Gasteiger partial charge in [0.15, 0.2) is 0 Å². The number of nitrogens with one attached hydrogen (secondary N) is 1. The number of hydrogen-bond donors (Lipinski definition) is 1. The maximum atomic E-state index is 4.40. The standard InChI is InChI=1S/C11H17N5/c1-3-7-16-8-5-11(14-16)12-9-10-4-6-13-15(10)2/h4-6,8H,3,7,9H2,1-2H3,(H,12,14). The Balaban J connectivity index is 1.92. The quantitative estimate of drug-likeness (QED) is 0.831. The van der Waals surface area contributed by atoms with Crippen molar-refractivity contribution in [3.05, 3.63) is 30.2 Å². The average Bonchev–Trinajstić information content (AvgIpc) is 2.86. The fraction of sp³-hybridized carbons (Fsp3) is 0.455. The van der Waals surface area contributed by atoms with Crippen molar-refractivity contribution < 1.29 is 0 Å². The summed E-state index contributed by atoms with van der Waals surface area (Å²) in [7, 11) is 1.94. The van der Waals surface area contributed by atoms with Gasteiger partial charge < -0.3 is 5.32 Å². The summed E-state index contributed by atoms with van der Waals surface area (Å²) >= 11 is 0. The molecule has 2 rings (SSSR count). The first-order valence-corrected chi connectivity index (χ1v) is 5.54. The smallest absolute Gasteiger partial charge is 0.148 e. The maximum Gasteiger partial charge on any atom is 0.148 e. The number of anilines is 1. The first-order chi connectivity index (χ1) is 7.79. The van der Waals surface area contributed by atoms with E-state index in [1.807, 2.05) is 34.7 Å². The van der Waals surface area contributed by atoms with E-state index in [4.69, 9.17) is 0 Å². The molecule has 0 aliphatic rings. The molecule has 5 nitrogen and oxygen atoms in total. The van der Waals surface area contributed by atoms with Gasteiger partial charge in [0.05, 0.1) is 12.2 Å². The number of nitrogens with zero attached hydrogens (tertiary/aromatic N) is 4. The number of aryl methyl sites for hydroxylation is 2. The molecule has 0 unspecified atom stereocenters. The van der Waals surface area contributed by atoms with Crippen molar-refractivity contribution in [1.82, 2.24) is 19.6 Å². The van der Waals surface area contributed by atoms with E-state index in [0.29, 0.717) is 0 Å². The van der Waals surface area contributed by atoms with E-state index >= 15 is 0 Å². The summed E-state index contributed by atoms with van der Waals surface area (Å²) in [5.41, 5.74) is 1.14. The zero-order valence-corrected chi connectivity index (χ0v) is 9.72. The number of aromatic nitrogens is 4. The highest BCUT2D eigenvalue weighted by Crippen LogP contribution is 2.05. The third-order valence-corrected chi connectivity index (χ3v) is 2.47. The Morgan fingerprint density at radius 2 is 2.25 bits per heavy atom. The monoisotopic (exact) mass is 219 g/mol. The van der Waals surface area contributed by atoms with Crippen LogP contribution in [0.4, 0.5) is 5.82 Å². The summed E-state index contributed by atoms with van der Waals surface area (Å²) in [6, 6.07) is 3.99. The second-order valence-electron chi connectivity index (χ2n) is 3.76.